The van der Waals surface area contributed by atoms with Gasteiger partial charge in [0.15, 0.2) is 0 Å². The Morgan fingerprint density at radius 1 is 0.972 bits per heavy atom. The van der Waals surface area contributed by atoms with Gasteiger partial charge in [0.2, 0.25) is 0 Å². The van der Waals surface area contributed by atoms with Gasteiger partial charge in [-0.25, -0.2) is 0 Å². The van der Waals surface area contributed by atoms with Gasteiger partial charge in [0, 0.05) is 23.5 Å². The van der Waals surface area contributed by atoms with E-state index in [0.29, 0.717) is 6.04 Å². The highest BCUT2D eigenvalue weighted by molar-refractivity contribution is 6.84. The maximum atomic E-state index is 2.61. The third kappa shape index (κ3) is 4.63. The molecule has 1 aromatic heterocycles. The first-order chi connectivity index (χ1) is 17.3. The highest BCUT2D eigenvalue weighted by Gasteiger charge is 2.30. The van der Waals surface area contributed by atoms with Crippen LogP contribution in [-0.4, -0.2) is 24.6 Å². The quantitative estimate of drug-likeness (QED) is 0.233. The number of benzene rings is 2. The van der Waals surface area contributed by atoms with Crippen LogP contribution >= 0.6 is 0 Å². The van der Waals surface area contributed by atoms with Crippen LogP contribution in [0.4, 0.5) is 0 Å². The number of hydrogen-bond acceptors (Lipinski definition) is 1. The molecule has 0 spiro atoms. The molecule has 2 nitrogen and oxygen atoms in total. The summed E-state index contributed by atoms with van der Waals surface area (Å²) in [6, 6.07) is 14.3. The van der Waals surface area contributed by atoms with Gasteiger partial charge < -0.3 is 9.47 Å². The Hall–Kier alpha value is -2.52. The van der Waals surface area contributed by atoms with E-state index in [-0.39, 0.29) is 0 Å². The monoisotopic (exact) mass is 496 g/mol. The van der Waals surface area contributed by atoms with Crippen LogP contribution in [-0.2, 0) is 0 Å². The number of aromatic nitrogens is 1. The van der Waals surface area contributed by atoms with Crippen molar-refractivity contribution in [2.75, 3.05) is 7.05 Å². The fourth-order valence-corrected chi connectivity index (χ4v) is 8.08. The second kappa shape index (κ2) is 10.1. The van der Waals surface area contributed by atoms with Gasteiger partial charge in [-0.1, -0.05) is 69.8 Å². The highest BCUT2D eigenvalue weighted by Crippen LogP contribution is 2.41. The van der Waals surface area contributed by atoms with Gasteiger partial charge in [-0.2, -0.15) is 0 Å². The average Bonchev–Trinajstić information content (AvgIpc) is 3.17. The second-order valence-corrected chi connectivity index (χ2v) is 17.1. The lowest BCUT2D eigenvalue weighted by atomic mass is 9.92. The van der Waals surface area contributed by atoms with E-state index in [4.69, 9.17) is 0 Å². The van der Waals surface area contributed by atoms with Gasteiger partial charge in [0.05, 0.1) is 25.1 Å². The SMILES string of the molecule is CCCCCC1=CC(c2cc3c4ccccc4n(C4=CCCCC4)c3cc2C)N(C)C=C1[Si](C)(C)C. The standard InChI is InChI=1S/C33H44N2Si/c1-7-8-10-15-25-21-31(34(3)23-33(25)36(4,5)6)28-22-29-27-18-13-14-19-30(27)35(32(29)20-24(28)2)26-16-11-9-12-17-26/h13-14,16,18-23,31H,7-12,15,17H2,1-6H3. The van der Waals surface area contributed by atoms with E-state index in [0.717, 1.165) is 0 Å². The summed E-state index contributed by atoms with van der Waals surface area (Å²) in [6.45, 7) is 12.1. The summed E-state index contributed by atoms with van der Waals surface area (Å²) in [5.74, 6) is 0. The van der Waals surface area contributed by atoms with E-state index < -0.39 is 8.07 Å². The van der Waals surface area contributed by atoms with Gasteiger partial charge in [-0.3, -0.25) is 0 Å². The van der Waals surface area contributed by atoms with Crippen molar-refractivity contribution in [1.29, 1.82) is 0 Å². The Morgan fingerprint density at radius 2 is 1.78 bits per heavy atom. The molecule has 1 atom stereocenters. The fraction of sp³-hybridized carbons (Fsp3) is 0.455. The van der Waals surface area contributed by atoms with E-state index in [1.807, 2.05) is 0 Å². The van der Waals surface area contributed by atoms with Crippen molar-refractivity contribution in [1.82, 2.24) is 9.47 Å². The smallest absolute Gasteiger partial charge is 0.0798 e. The van der Waals surface area contributed by atoms with Crippen molar-refractivity contribution in [2.45, 2.75) is 90.9 Å². The molecule has 0 amide bonds. The topological polar surface area (TPSA) is 8.17 Å². The molecule has 0 saturated carbocycles. The molecule has 0 N–H and O–H groups in total. The molecule has 0 saturated heterocycles. The van der Waals surface area contributed by atoms with Crippen LogP contribution in [0.1, 0.15) is 75.5 Å². The molecule has 5 rings (SSSR count). The van der Waals surface area contributed by atoms with Gasteiger partial charge in [0.1, 0.15) is 0 Å². The number of unbranched alkanes of at least 4 members (excludes halogenated alkanes) is 2. The molecule has 2 aromatic carbocycles. The van der Waals surface area contributed by atoms with E-state index in [1.54, 1.807) is 10.8 Å². The molecule has 0 bridgehead atoms. The lowest BCUT2D eigenvalue weighted by Crippen LogP contribution is -2.32. The minimum atomic E-state index is -1.42. The Labute approximate surface area is 219 Å². The van der Waals surface area contributed by atoms with E-state index in [2.05, 4.69) is 105 Å². The number of hydrogen-bond donors (Lipinski definition) is 0. The van der Waals surface area contributed by atoms with Gasteiger partial charge in [0.25, 0.3) is 0 Å². The van der Waals surface area contributed by atoms with Crippen LogP contribution in [0, 0.1) is 6.92 Å². The Bertz CT molecular complexity index is 1360. The molecule has 36 heavy (non-hydrogen) atoms. The first-order valence-electron chi connectivity index (χ1n) is 14.2. The first-order valence-corrected chi connectivity index (χ1v) is 17.7. The van der Waals surface area contributed by atoms with Crippen LogP contribution in [0.2, 0.25) is 19.6 Å². The zero-order chi connectivity index (χ0) is 25.4. The van der Waals surface area contributed by atoms with Gasteiger partial charge in [-0.05, 0) is 91.7 Å². The molecular weight excluding hydrogens is 452 g/mol. The Balaban J connectivity index is 1.65. The zero-order valence-electron chi connectivity index (χ0n) is 23.3. The van der Waals surface area contributed by atoms with Crippen molar-refractivity contribution < 1.29 is 0 Å². The summed E-state index contributed by atoms with van der Waals surface area (Å²) >= 11 is 0. The number of fused-ring (bicyclic) bond motifs is 3. The number of para-hydroxylation sites is 1. The van der Waals surface area contributed by atoms with Crippen LogP contribution in [0.25, 0.3) is 27.5 Å². The van der Waals surface area contributed by atoms with Crippen molar-refractivity contribution >= 4 is 35.6 Å². The minimum absolute atomic E-state index is 0.294. The Morgan fingerprint density at radius 3 is 2.50 bits per heavy atom. The van der Waals surface area contributed by atoms with Crippen molar-refractivity contribution in [3.8, 4) is 0 Å². The van der Waals surface area contributed by atoms with Gasteiger partial charge >= 0.3 is 0 Å². The highest BCUT2D eigenvalue weighted by atomic mass is 28.3. The summed E-state index contributed by atoms with van der Waals surface area (Å²) in [4.78, 5) is 2.48. The minimum Gasteiger partial charge on any atom is -0.370 e. The van der Waals surface area contributed by atoms with Crippen molar-refractivity contribution in [3.05, 3.63) is 76.6 Å². The summed E-state index contributed by atoms with van der Waals surface area (Å²) < 4.78 is 2.56. The molecule has 3 aromatic rings. The lowest BCUT2D eigenvalue weighted by molar-refractivity contribution is 0.383. The van der Waals surface area contributed by atoms with E-state index >= 15 is 0 Å². The second-order valence-electron chi connectivity index (χ2n) is 12.1. The molecule has 0 radical (unpaired) electrons. The molecule has 0 fully saturated rings. The molecule has 1 aliphatic carbocycles. The molecule has 2 aliphatic rings. The normalized spacial score (nSPS) is 19.0. The zero-order valence-corrected chi connectivity index (χ0v) is 24.3. The average molecular weight is 497 g/mol. The summed E-state index contributed by atoms with van der Waals surface area (Å²) in [5.41, 5.74) is 8.66. The number of likely N-dealkylation sites (N-methyl/N-ethyl adjacent to an activating group) is 1. The van der Waals surface area contributed by atoms with E-state index in [9.17, 15) is 0 Å². The van der Waals surface area contributed by atoms with Gasteiger partial charge in [-0.15, -0.1) is 0 Å². The van der Waals surface area contributed by atoms with Crippen LogP contribution < -0.4 is 0 Å². The maximum absolute atomic E-state index is 2.61. The molecule has 2 heterocycles. The van der Waals surface area contributed by atoms with E-state index in [1.165, 1.54) is 90.0 Å². The summed E-state index contributed by atoms with van der Waals surface area (Å²) in [5, 5.41) is 4.41. The third-order valence-corrected chi connectivity index (χ3v) is 10.3. The fourth-order valence-electron chi connectivity index (χ4n) is 6.32. The van der Waals surface area contributed by atoms with Crippen LogP contribution in [0.15, 0.2) is 65.5 Å². The number of aryl methyl sites for hydroxylation is 1. The molecule has 1 unspecified atom stereocenters. The summed E-state index contributed by atoms with van der Waals surface area (Å²) in [7, 11) is 0.862. The number of nitrogens with zero attached hydrogens (tertiary/aromatic N) is 2. The molecular formula is C33H44N2Si. The predicted octanol–water partition coefficient (Wildman–Crippen LogP) is 9.77. The van der Waals surface area contributed by atoms with Crippen molar-refractivity contribution in [2.24, 2.45) is 0 Å². The largest absolute Gasteiger partial charge is 0.370 e. The summed E-state index contributed by atoms with van der Waals surface area (Å²) in [6.07, 6.45) is 17.7. The van der Waals surface area contributed by atoms with Crippen LogP contribution in [0.5, 0.6) is 0 Å². The molecule has 190 valence electrons. The predicted molar refractivity (Wildman–Crippen MR) is 161 cm³/mol. The molecule has 1 aliphatic heterocycles. The number of allylic oxidation sites excluding steroid dienone is 4. The van der Waals surface area contributed by atoms with Crippen molar-refractivity contribution in [3.63, 3.8) is 0 Å². The lowest BCUT2D eigenvalue weighted by Gasteiger charge is -2.36. The maximum Gasteiger partial charge on any atom is 0.0798 e. The molecule has 3 heteroatoms. The first kappa shape index (κ1) is 25.1. The third-order valence-electron chi connectivity index (χ3n) is 8.27. The number of rotatable bonds is 7. The van der Waals surface area contributed by atoms with Crippen LogP contribution in [0.3, 0.4) is 0 Å². The Kier molecular flexibility index (Phi) is 7.04.